The molecular formula is C33H34Cl2F2N2O4. The zero-order valence-electron chi connectivity index (χ0n) is 24.4. The molecular weight excluding hydrogens is 597 g/mol. The lowest BCUT2D eigenvalue weighted by Crippen LogP contribution is -2.56. The molecule has 0 radical (unpaired) electrons. The molecule has 0 spiro atoms. The van der Waals surface area contributed by atoms with Crippen LogP contribution in [0.1, 0.15) is 56.7 Å². The normalized spacial score (nSPS) is 25.0. The van der Waals surface area contributed by atoms with Crippen LogP contribution in [-0.2, 0) is 31.1 Å². The number of hydrogen-bond acceptors (Lipinski definition) is 6. The van der Waals surface area contributed by atoms with Crippen LogP contribution in [0.5, 0.6) is 0 Å². The van der Waals surface area contributed by atoms with Crippen molar-refractivity contribution in [1.82, 2.24) is 4.90 Å². The molecule has 2 aliphatic rings. The van der Waals surface area contributed by atoms with Crippen LogP contribution in [0.2, 0.25) is 10.0 Å². The fraction of sp³-hybridized carbons (Fsp3) is 0.394. The van der Waals surface area contributed by atoms with Gasteiger partial charge >= 0.3 is 11.9 Å². The molecule has 10 heteroatoms. The number of nitrogens with zero attached hydrogens (tertiary/aromatic N) is 1. The van der Waals surface area contributed by atoms with Gasteiger partial charge in [0.15, 0.2) is 5.72 Å². The first-order valence-electron chi connectivity index (χ1n) is 14.1. The minimum atomic E-state index is -1.42. The first-order valence-corrected chi connectivity index (χ1v) is 14.8. The van der Waals surface area contributed by atoms with Crippen molar-refractivity contribution >= 4 is 35.1 Å². The summed E-state index contributed by atoms with van der Waals surface area (Å²) in [5, 5.41) is 0.0176. The van der Waals surface area contributed by atoms with Crippen molar-refractivity contribution in [2.45, 2.75) is 69.9 Å². The van der Waals surface area contributed by atoms with Crippen molar-refractivity contribution in [2.75, 3.05) is 6.54 Å². The topological polar surface area (TPSA) is 81.9 Å². The molecule has 6 nitrogen and oxygen atoms in total. The van der Waals surface area contributed by atoms with Gasteiger partial charge in [-0.3, -0.25) is 9.59 Å². The summed E-state index contributed by atoms with van der Waals surface area (Å²) in [7, 11) is 0. The number of fused-ring (bicyclic) bond motifs is 1. The average molecular weight is 632 g/mol. The summed E-state index contributed by atoms with van der Waals surface area (Å²) >= 11 is 12.4. The largest absolute Gasteiger partial charge is 0.460 e. The van der Waals surface area contributed by atoms with E-state index in [1.54, 1.807) is 33.8 Å². The van der Waals surface area contributed by atoms with Gasteiger partial charge in [0, 0.05) is 28.9 Å². The summed E-state index contributed by atoms with van der Waals surface area (Å²) in [6.45, 7) is 6.77. The van der Waals surface area contributed by atoms with Crippen molar-refractivity contribution in [1.29, 1.82) is 0 Å². The Morgan fingerprint density at radius 3 is 2.42 bits per heavy atom. The maximum absolute atomic E-state index is 16.1. The fourth-order valence-corrected chi connectivity index (χ4v) is 7.31. The molecule has 43 heavy (non-hydrogen) atoms. The first kappa shape index (κ1) is 31.4. The van der Waals surface area contributed by atoms with Gasteiger partial charge in [-0.25, -0.2) is 13.7 Å². The van der Waals surface area contributed by atoms with Gasteiger partial charge in [-0.2, -0.15) is 0 Å². The molecule has 0 saturated carbocycles. The molecule has 2 heterocycles. The lowest BCUT2D eigenvalue weighted by Gasteiger charge is -2.46. The number of ether oxygens (including phenoxy) is 2. The Hall–Kier alpha value is -3.04. The Labute approximate surface area is 260 Å². The van der Waals surface area contributed by atoms with Crippen molar-refractivity contribution in [3.63, 3.8) is 0 Å². The summed E-state index contributed by atoms with van der Waals surface area (Å²) in [6, 6.07) is 16.2. The number of hydrogen-bond donors (Lipinski definition) is 1. The second kappa shape index (κ2) is 11.5. The Balaban J connectivity index is 1.69. The van der Waals surface area contributed by atoms with E-state index in [9.17, 15) is 9.59 Å². The number of carbonyl (C=O) groups excluding carboxylic acids is 2. The van der Waals surface area contributed by atoms with E-state index >= 15 is 8.78 Å². The van der Waals surface area contributed by atoms with Crippen molar-refractivity contribution in [2.24, 2.45) is 11.1 Å². The number of carbonyl (C=O) groups is 2. The molecule has 2 fully saturated rings. The van der Waals surface area contributed by atoms with E-state index in [-0.39, 0.29) is 40.7 Å². The lowest BCUT2D eigenvalue weighted by molar-refractivity contribution is -0.160. The number of cyclic esters (lactones) is 1. The molecule has 2 N–H and O–H groups in total. The molecule has 4 atom stereocenters. The van der Waals surface area contributed by atoms with Crippen LogP contribution in [-0.4, -0.2) is 41.2 Å². The van der Waals surface area contributed by atoms with Crippen LogP contribution in [0, 0.1) is 17.0 Å². The minimum Gasteiger partial charge on any atom is -0.460 e. The highest BCUT2D eigenvalue weighted by Gasteiger charge is 2.70. The first-order chi connectivity index (χ1) is 20.2. The number of benzene rings is 3. The van der Waals surface area contributed by atoms with E-state index in [0.717, 1.165) is 5.56 Å². The Kier molecular flexibility index (Phi) is 8.37. The highest BCUT2D eigenvalue weighted by atomic mass is 35.5. The van der Waals surface area contributed by atoms with Gasteiger partial charge in [0.1, 0.15) is 24.3 Å². The maximum Gasteiger partial charge on any atom is 0.325 e. The van der Waals surface area contributed by atoms with Crippen molar-refractivity contribution < 1.29 is 27.8 Å². The standard InChI is InChI=1S/C33H34Cl2F2N2O4/c1-31(2,30(41)42-17-19-9-6-5-7-10-19)16-25-33(18-38,22-14-13-20(34)15-24(22)36)26(21-11-8-12-23(35)27(21)37)28-29(40)43-32(3,4)39(25)28/h5-15,25-26,28H,16-18,38H2,1-4H3. The molecule has 5 rings (SSSR count). The molecule has 2 aliphatic heterocycles. The van der Waals surface area contributed by atoms with Crippen LogP contribution in [0.3, 0.4) is 0 Å². The second-order valence-electron chi connectivity index (χ2n) is 12.4. The molecule has 4 unspecified atom stereocenters. The fourth-order valence-electron chi connectivity index (χ4n) is 6.97. The number of esters is 2. The summed E-state index contributed by atoms with van der Waals surface area (Å²) < 4.78 is 43.5. The van der Waals surface area contributed by atoms with Crippen LogP contribution in [0.4, 0.5) is 8.78 Å². The zero-order chi connectivity index (χ0) is 31.3. The molecule has 0 aliphatic carbocycles. The van der Waals surface area contributed by atoms with Crippen LogP contribution < -0.4 is 5.73 Å². The lowest BCUT2D eigenvalue weighted by atomic mass is 9.61. The number of nitrogens with two attached hydrogens (primary N) is 1. The molecule has 3 aromatic carbocycles. The van der Waals surface area contributed by atoms with Gasteiger partial charge in [-0.1, -0.05) is 71.7 Å². The number of rotatable bonds is 8. The average Bonchev–Trinajstić information content (AvgIpc) is 3.37. The van der Waals surface area contributed by atoms with Crippen LogP contribution in [0.25, 0.3) is 0 Å². The maximum atomic E-state index is 16.1. The van der Waals surface area contributed by atoms with Gasteiger partial charge < -0.3 is 15.2 Å². The third kappa shape index (κ3) is 5.33. The predicted molar refractivity (Wildman–Crippen MR) is 161 cm³/mol. The second-order valence-corrected chi connectivity index (χ2v) is 13.2. The van der Waals surface area contributed by atoms with Crippen molar-refractivity contribution in [3.8, 4) is 0 Å². The van der Waals surface area contributed by atoms with Gasteiger partial charge in [-0.05, 0) is 69.0 Å². The van der Waals surface area contributed by atoms with Gasteiger partial charge in [-0.15, -0.1) is 0 Å². The van der Waals surface area contributed by atoms with E-state index in [4.69, 9.17) is 38.4 Å². The minimum absolute atomic E-state index is 0.0669. The van der Waals surface area contributed by atoms with Crippen LogP contribution >= 0.6 is 23.2 Å². The zero-order valence-corrected chi connectivity index (χ0v) is 25.9. The van der Waals surface area contributed by atoms with Crippen LogP contribution in [0.15, 0.2) is 66.7 Å². The summed E-state index contributed by atoms with van der Waals surface area (Å²) in [5.74, 6) is -3.51. The molecule has 0 amide bonds. The third-order valence-electron chi connectivity index (χ3n) is 8.87. The molecule has 2 saturated heterocycles. The molecule has 0 aromatic heterocycles. The van der Waals surface area contributed by atoms with Gasteiger partial charge in [0.2, 0.25) is 0 Å². The monoisotopic (exact) mass is 630 g/mol. The molecule has 228 valence electrons. The summed E-state index contributed by atoms with van der Waals surface area (Å²) in [5.41, 5.74) is 3.96. The Morgan fingerprint density at radius 2 is 1.77 bits per heavy atom. The van der Waals surface area contributed by atoms with E-state index in [1.807, 2.05) is 35.2 Å². The highest BCUT2D eigenvalue weighted by molar-refractivity contribution is 6.31. The SMILES string of the molecule is CC(C)(CC1N2C(C(=O)OC2(C)C)C(c2cccc(Cl)c2F)C1(CN)c1ccc(Cl)cc1F)C(=O)OCc1ccccc1. The predicted octanol–water partition coefficient (Wildman–Crippen LogP) is 6.76. The van der Waals surface area contributed by atoms with Gasteiger partial charge in [0.25, 0.3) is 0 Å². The Bertz CT molecular complexity index is 1550. The Morgan fingerprint density at radius 1 is 1.07 bits per heavy atom. The number of halogens is 4. The molecule has 3 aromatic rings. The van der Waals surface area contributed by atoms with Gasteiger partial charge in [0.05, 0.1) is 10.4 Å². The smallest absolute Gasteiger partial charge is 0.325 e. The third-order valence-corrected chi connectivity index (χ3v) is 9.40. The highest BCUT2D eigenvalue weighted by Crippen LogP contribution is 2.60. The van der Waals surface area contributed by atoms with Crippen molar-refractivity contribution in [3.05, 3.63) is 105 Å². The van der Waals surface area contributed by atoms with E-state index in [0.29, 0.717) is 0 Å². The van der Waals surface area contributed by atoms with E-state index in [2.05, 4.69) is 0 Å². The quantitative estimate of drug-likeness (QED) is 0.277. The molecule has 0 bridgehead atoms. The van der Waals surface area contributed by atoms with E-state index < -0.39 is 58.1 Å². The van der Waals surface area contributed by atoms with E-state index in [1.165, 1.54) is 30.3 Å². The summed E-state index contributed by atoms with van der Waals surface area (Å²) in [6.07, 6.45) is 0.0785. The summed E-state index contributed by atoms with van der Waals surface area (Å²) in [4.78, 5) is 29.1.